The topological polar surface area (TPSA) is 32.8 Å². The van der Waals surface area contributed by atoms with Crippen molar-refractivity contribution in [2.45, 2.75) is 37.9 Å². The Balaban J connectivity index is 1.17. The van der Waals surface area contributed by atoms with Crippen molar-refractivity contribution in [2.24, 2.45) is 0 Å². The highest BCUT2D eigenvalue weighted by Crippen LogP contribution is 2.39. The van der Waals surface area contributed by atoms with Crippen LogP contribution in [-0.2, 0) is 11.2 Å². The van der Waals surface area contributed by atoms with Crippen LogP contribution in [-0.4, -0.2) is 40.9 Å². The quantitative estimate of drug-likeness (QED) is 0.388. The van der Waals surface area contributed by atoms with Crippen molar-refractivity contribution in [3.8, 4) is 11.5 Å². The monoisotopic (exact) mass is 498 g/mol. The summed E-state index contributed by atoms with van der Waals surface area (Å²) in [6, 6.07) is 19.8. The molecule has 0 saturated carbocycles. The lowest BCUT2D eigenvalue weighted by atomic mass is 10.1. The number of piperazine rings is 1. The summed E-state index contributed by atoms with van der Waals surface area (Å²) in [6.07, 6.45) is 1.35. The van der Waals surface area contributed by atoms with Crippen molar-refractivity contribution in [2.75, 3.05) is 13.1 Å². The van der Waals surface area contributed by atoms with Gasteiger partial charge >= 0.3 is 0 Å². The maximum absolute atomic E-state index is 13.1. The minimum Gasteiger partial charge on any atom is -0.457 e. The molecule has 3 aromatic carbocycles. The first-order valence-corrected chi connectivity index (χ1v) is 12.2. The van der Waals surface area contributed by atoms with Crippen LogP contribution in [0.25, 0.3) is 0 Å². The Kier molecular flexibility index (Phi) is 6.52. The van der Waals surface area contributed by atoms with Crippen LogP contribution in [0, 0.1) is 5.82 Å². The summed E-state index contributed by atoms with van der Waals surface area (Å²) in [4.78, 5) is 17.5. The lowest BCUT2D eigenvalue weighted by Gasteiger charge is -2.38. The van der Waals surface area contributed by atoms with Gasteiger partial charge in [0.25, 0.3) is 0 Å². The van der Waals surface area contributed by atoms with Gasteiger partial charge in [-0.05, 0) is 73.0 Å². The molecule has 5 rings (SSSR count). The van der Waals surface area contributed by atoms with E-state index in [-0.39, 0.29) is 23.8 Å². The number of ether oxygens (including phenoxy) is 1. The van der Waals surface area contributed by atoms with Gasteiger partial charge < -0.3 is 9.64 Å². The minimum absolute atomic E-state index is 0.150. The lowest BCUT2D eigenvalue weighted by Crippen LogP contribution is -2.49. The number of rotatable bonds is 6. The summed E-state index contributed by atoms with van der Waals surface area (Å²) in [5.41, 5.74) is 2.01. The Bertz CT molecular complexity index is 1190. The van der Waals surface area contributed by atoms with Crippen LogP contribution in [0.15, 0.2) is 66.7 Å². The summed E-state index contributed by atoms with van der Waals surface area (Å²) in [5, 5.41) is 1.32. The zero-order chi connectivity index (χ0) is 23.8. The van der Waals surface area contributed by atoms with E-state index in [0.29, 0.717) is 34.0 Å². The number of amides is 1. The van der Waals surface area contributed by atoms with Gasteiger partial charge in [-0.2, -0.15) is 0 Å². The predicted molar refractivity (Wildman–Crippen MR) is 132 cm³/mol. The molecule has 0 aliphatic carbocycles. The second kappa shape index (κ2) is 9.57. The molecule has 3 aromatic rings. The third-order valence-corrected chi connectivity index (χ3v) is 7.40. The van der Waals surface area contributed by atoms with E-state index >= 15 is 0 Å². The van der Waals surface area contributed by atoms with Gasteiger partial charge in [-0.25, -0.2) is 4.39 Å². The highest BCUT2D eigenvalue weighted by Gasteiger charge is 2.46. The molecule has 1 amide bonds. The Hall–Kier alpha value is -2.60. The number of halogens is 3. The molecule has 2 aliphatic rings. The van der Waals surface area contributed by atoms with Crippen molar-refractivity contribution < 1.29 is 13.9 Å². The second-order valence-corrected chi connectivity index (χ2v) is 9.85. The fraction of sp³-hybridized carbons (Fsp3) is 0.296. The number of fused-ring (bicyclic) bond motifs is 2. The van der Waals surface area contributed by atoms with Crippen LogP contribution in [0.3, 0.4) is 0 Å². The van der Waals surface area contributed by atoms with Crippen LogP contribution in [0.2, 0.25) is 10.0 Å². The molecule has 7 heteroatoms. The highest BCUT2D eigenvalue weighted by molar-refractivity contribution is 6.35. The standard InChI is InChI=1S/C27H25Cl2FN2O2/c1-17(25-11-4-19(28)13-26(25)29)31-15-22-14-21(31)16-32(22)27(33)12-18-2-7-23(8-3-18)34-24-9-5-20(30)6-10-24/h2-11,13,17,21-22H,12,14-16H2,1H3. The number of nitrogens with zero attached hydrogens (tertiary/aromatic N) is 2. The Morgan fingerprint density at radius 2 is 1.68 bits per heavy atom. The number of likely N-dealkylation sites (tertiary alicyclic amines) is 2. The van der Waals surface area contributed by atoms with E-state index in [1.807, 2.05) is 41.3 Å². The van der Waals surface area contributed by atoms with E-state index in [4.69, 9.17) is 27.9 Å². The molecule has 3 unspecified atom stereocenters. The van der Waals surface area contributed by atoms with Crippen molar-refractivity contribution in [3.63, 3.8) is 0 Å². The summed E-state index contributed by atoms with van der Waals surface area (Å²) < 4.78 is 18.8. The molecule has 0 radical (unpaired) electrons. The van der Waals surface area contributed by atoms with E-state index in [1.165, 1.54) is 12.1 Å². The predicted octanol–water partition coefficient (Wildman–Crippen LogP) is 6.51. The number of carbonyl (C=O) groups is 1. The van der Waals surface area contributed by atoms with E-state index in [9.17, 15) is 9.18 Å². The van der Waals surface area contributed by atoms with Crippen LogP contribution >= 0.6 is 23.2 Å². The maximum Gasteiger partial charge on any atom is 0.227 e. The normalized spacial score (nSPS) is 20.5. The average Bonchev–Trinajstić information content (AvgIpc) is 3.43. The van der Waals surface area contributed by atoms with Gasteiger partial charge in [0.15, 0.2) is 0 Å². The molecule has 0 spiro atoms. The molecule has 0 N–H and O–H groups in total. The first-order valence-electron chi connectivity index (χ1n) is 11.4. The van der Waals surface area contributed by atoms with Crippen LogP contribution in [0.4, 0.5) is 4.39 Å². The van der Waals surface area contributed by atoms with Crippen LogP contribution < -0.4 is 4.74 Å². The van der Waals surface area contributed by atoms with E-state index in [0.717, 1.165) is 30.6 Å². The van der Waals surface area contributed by atoms with Gasteiger partial charge in [0, 0.05) is 41.3 Å². The van der Waals surface area contributed by atoms with Gasteiger partial charge in [-0.1, -0.05) is 41.4 Å². The summed E-state index contributed by atoms with van der Waals surface area (Å²) in [5.74, 6) is 1.06. The Labute approximate surface area is 208 Å². The van der Waals surface area contributed by atoms with E-state index in [1.54, 1.807) is 18.2 Å². The van der Waals surface area contributed by atoms with E-state index < -0.39 is 0 Å². The van der Waals surface area contributed by atoms with Crippen LogP contribution in [0.1, 0.15) is 30.5 Å². The zero-order valence-corrected chi connectivity index (χ0v) is 20.3. The van der Waals surface area contributed by atoms with Crippen molar-refractivity contribution in [1.29, 1.82) is 0 Å². The molecule has 2 fully saturated rings. The molecular weight excluding hydrogens is 474 g/mol. The van der Waals surface area contributed by atoms with Gasteiger partial charge in [0.2, 0.25) is 5.91 Å². The fourth-order valence-corrected chi connectivity index (χ4v) is 5.65. The SMILES string of the molecule is CC(c1ccc(Cl)cc1Cl)N1CC2CC1CN2C(=O)Cc1ccc(Oc2ccc(F)cc2)cc1. The summed E-state index contributed by atoms with van der Waals surface area (Å²) >= 11 is 12.5. The lowest BCUT2D eigenvalue weighted by molar-refractivity contribution is -0.133. The molecule has 4 nitrogen and oxygen atoms in total. The van der Waals surface area contributed by atoms with Crippen molar-refractivity contribution >= 4 is 29.1 Å². The first-order chi connectivity index (χ1) is 16.4. The van der Waals surface area contributed by atoms with Gasteiger partial charge in [-0.15, -0.1) is 0 Å². The van der Waals surface area contributed by atoms with Gasteiger partial charge in [-0.3, -0.25) is 9.69 Å². The number of hydrogen-bond acceptors (Lipinski definition) is 3. The van der Waals surface area contributed by atoms with Crippen molar-refractivity contribution in [3.05, 3.63) is 93.7 Å². The highest BCUT2D eigenvalue weighted by atomic mass is 35.5. The smallest absolute Gasteiger partial charge is 0.227 e. The first kappa shape index (κ1) is 23.2. The third kappa shape index (κ3) is 4.78. The Morgan fingerprint density at radius 3 is 2.29 bits per heavy atom. The molecule has 2 heterocycles. The zero-order valence-electron chi connectivity index (χ0n) is 18.8. The van der Waals surface area contributed by atoms with Crippen molar-refractivity contribution in [1.82, 2.24) is 9.80 Å². The molecule has 2 aliphatic heterocycles. The molecule has 3 atom stereocenters. The number of carbonyl (C=O) groups excluding carboxylic acids is 1. The molecule has 34 heavy (non-hydrogen) atoms. The molecular formula is C27H25Cl2FN2O2. The minimum atomic E-state index is -0.303. The largest absolute Gasteiger partial charge is 0.457 e. The molecule has 0 aromatic heterocycles. The Morgan fingerprint density at radius 1 is 1.00 bits per heavy atom. The van der Waals surface area contributed by atoms with Gasteiger partial charge in [0.05, 0.1) is 6.42 Å². The number of benzene rings is 3. The van der Waals surface area contributed by atoms with Gasteiger partial charge in [0.1, 0.15) is 17.3 Å². The third-order valence-electron chi connectivity index (χ3n) is 6.84. The van der Waals surface area contributed by atoms with Crippen LogP contribution in [0.5, 0.6) is 11.5 Å². The molecule has 2 saturated heterocycles. The maximum atomic E-state index is 13.1. The average molecular weight is 499 g/mol. The summed E-state index contributed by atoms with van der Waals surface area (Å²) in [6.45, 7) is 3.75. The molecule has 2 bridgehead atoms. The molecule has 176 valence electrons. The summed E-state index contributed by atoms with van der Waals surface area (Å²) in [7, 11) is 0. The number of hydrogen-bond donors (Lipinski definition) is 0. The fourth-order valence-electron chi connectivity index (χ4n) is 5.09. The second-order valence-electron chi connectivity index (χ2n) is 9.00. The van der Waals surface area contributed by atoms with E-state index in [2.05, 4.69) is 11.8 Å².